The fourth-order valence-electron chi connectivity index (χ4n) is 2.21. The van der Waals surface area contributed by atoms with Crippen molar-refractivity contribution in [2.75, 3.05) is 33.5 Å². The van der Waals surface area contributed by atoms with E-state index in [1.54, 1.807) is 6.07 Å². The Bertz CT molecular complexity index is 435. The molecule has 0 bridgehead atoms. The van der Waals surface area contributed by atoms with Gasteiger partial charge in [-0.15, -0.1) is 0 Å². The molecule has 0 aliphatic carbocycles. The minimum absolute atomic E-state index is 0.0236. The van der Waals surface area contributed by atoms with Crippen molar-refractivity contribution in [2.24, 2.45) is 0 Å². The van der Waals surface area contributed by atoms with Gasteiger partial charge in [-0.25, -0.2) is 4.79 Å². The van der Waals surface area contributed by atoms with Crippen LogP contribution in [0.4, 0.5) is 0 Å². The second kappa shape index (κ2) is 6.65. The lowest BCUT2D eigenvalue weighted by atomic mass is 10.1. The van der Waals surface area contributed by atoms with Crippen LogP contribution < -0.4 is 0 Å². The van der Waals surface area contributed by atoms with Crippen LogP contribution in [-0.4, -0.2) is 55.5 Å². The summed E-state index contributed by atoms with van der Waals surface area (Å²) in [7, 11) is 1.37. The summed E-state index contributed by atoms with van der Waals surface area (Å²) >= 11 is 0. The van der Waals surface area contributed by atoms with Crippen LogP contribution in [0.3, 0.4) is 0 Å². The smallest absolute Gasteiger partial charge is 0.337 e. The van der Waals surface area contributed by atoms with Crippen LogP contribution in [0.25, 0.3) is 0 Å². The molecule has 1 heterocycles. The number of aliphatic hydroxyl groups excluding tert-OH is 1. The lowest BCUT2D eigenvalue weighted by Gasteiger charge is -2.34. The SMILES string of the molecule is COC(=O)c1cccc(CN2CCOCC2CO)c1. The quantitative estimate of drug-likeness (QED) is 0.811. The number of nitrogens with zero attached hydrogens (tertiary/aromatic N) is 1. The average Bonchev–Trinajstić information content (AvgIpc) is 2.47. The van der Waals surface area contributed by atoms with Gasteiger partial charge < -0.3 is 14.6 Å². The second-order valence-corrected chi connectivity index (χ2v) is 4.57. The highest BCUT2D eigenvalue weighted by molar-refractivity contribution is 5.89. The first kappa shape index (κ1) is 14.0. The van der Waals surface area contributed by atoms with Gasteiger partial charge in [0.1, 0.15) is 0 Å². The molecule has 5 nitrogen and oxygen atoms in total. The highest BCUT2D eigenvalue weighted by Gasteiger charge is 2.22. The van der Waals surface area contributed by atoms with E-state index in [2.05, 4.69) is 4.90 Å². The van der Waals surface area contributed by atoms with Crippen molar-refractivity contribution < 1.29 is 19.4 Å². The molecular weight excluding hydrogens is 246 g/mol. The van der Waals surface area contributed by atoms with Crippen molar-refractivity contribution in [3.63, 3.8) is 0 Å². The number of esters is 1. The number of morpholine rings is 1. The Balaban J connectivity index is 2.07. The van der Waals surface area contributed by atoms with Crippen molar-refractivity contribution in [2.45, 2.75) is 12.6 Å². The summed E-state index contributed by atoms with van der Waals surface area (Å²) in [4.78, 5) is 13.6. The van der Waals surface area contributed by atoms with Crippen molar-refractivity contribution in [1.82, 2.24) is 4.90 Å². The summed E-state index contributed by atoms with van der Waals surface area (Å²) in [6.07, 6.45) is 0. The molecule has 1 aliphatic heterocycles. The van der Waals surface area contributed by atoms with Crippen LogP contribution in [0, 0.1) is 0 Å². The summed E-state index contributed by atoms with van der Waals surface area (Å²) in [6, 6.07) is 7.40. The second-order valence-electron chi connectivity index (χ2n) is 4.57. The summed E-state index contributed by atoms with van der Waals surface area (Å²) in [6.45, 7) is 2.78. The van der Waals surface area contributed by atoms with E-state index < -0.39 is 0 Å². The predicted molar refractivity (Wildman–Crippen MR) is 69.9 cm³/mol. The van der Waals surface area contributed by atoms with E-state index in [9.17, 15) is 9.90 Å². The molecule has 1 saturated heterocycles. The maximum Gasteiger partial charge on any atom is 0.337 e. The van der Waals surface area contributed by atoms with Gasteiger partial charge in [0.25, 0.3) is 0 Å². The van der Waals surface area contributed by atoms with Crippen LogP contribution in [0.2, 0.25) is 0 Å². The number of carbonyl (C=O) groups excluding carboxylic acids is 1. The van der Waals surface area contributed by atoms with Gasteiger partial charge in [0.15, 0.2) is 0 Å². The zero-order chi connectivity index (χ0) is 13.7. The Morgan fingerprint density at radius 3 is 3.16 bits per heavy atom. The Morgan fingerprint density at radius 1 is 1.58 bits per heavy atom. The van der Waals surface area contributed by atoms with E-state index in [-0.39, 0.29) is 18.6 Å². The van der Waals surface area contributed by atoms with Crippen LogP contribution in [0.15, 0.2) is 24.3 Å². The summed E-state index contributed by atoms with van der Waals surface area (Å²) in [5.41, 5.74) is 1.58. The topological polar surface area (TPSA) is 59.0 Å². The predicted octanol–water partition coefficient (Wildman–Crippen LogP) is 0.666. The minimum Gasteiger partial charge on any atom is -0.465 e. The minimum atomic E-state index is -0.331. The molecule has 104 valence electrons. The number of benzene rings is 1. The van der Waals surface area contributed by atoms with E-state index in [1.807, 2.05) is 18.2 Å². The molecule has 2 rings (SSSR count). The van der Waals surface area contributed by atoms with E-state index >= 15 is 0 Å². The molecule has 1 aromatic carbocycles. The highest BCUT2D eigenvalue weighted by atomic mass is 16.5. The maximum absolute atomic E-state index is 11.5. The maximum atomic E-state index is 11.5. The molecule has 0 spiro atoms. The van der Waals surface area contributed by atoms with Crippen molar-refractivity contribution in [3.8, 4) is 0 Å². The third-order valence-electron chi connectivity index (χ3n) is 3.29. The molecule has 1 aromatic rings. The third kappa shape index (κ3) is 3.53. The third-order valence-corrected chi connectivity index (χ3v) is 3.29. The fraction of sp³-hybridized carbons (Fsp3) is 0.500. The lowest BCUT2D eigenvalue weighted by molar-refractivity contribution is -0.0312. The molecule has 1 unspecified atom stereocenters. The van der Waals surface area contributed by atoms with Crippen LogP contribution >= 0.6 is 0 Å². The monoisotopic (exact) mass is 265 g/mol. The Hall–Kier alpha value is -1.43. The average molecular weight is 265 g/mol. The number of rotatable bonds is 4. The van der Waals surface area contributed by atoms with Gasteiger partial charge in [0, 0.05) is 13.1 Å². The number of hydrogen-bond acceptors (Lipinski definition) is 5. The first-order valence-electron chi connectivity index (χ1n) is 6.34. The van der Waals surface area contributed by atoms with E-state index in [0.29, 0.717) is 25.3 Å². The molecule has 1 aliphatic rings. The van der Waals surface area contributed by atoms with Gasteiger partial charge in [0.05, 0.1) is 38.5 Å². The molecular formula is C14H19NO4. The van der Waals surface area contributed by atoms with Gasteiger partial charge in [-0.05, 0) is 17.7 Å². The lowest BCUT2D eigenvalue weighted by Crippen LogP contribution is -2.46. The van der Waals surface area contributed by atoms with E-state index in [0.717, 1.165) is 12.1 Å². The molecule has 1 N–H and O–H groups in total. The zero-order valence-electron chi connectivity index (χ0n) is 11.0. The number of ether oxygens (including phenoxy) is 2. The number of hydrogen-bond donors (Lipinski definition) is 1. The van der Waals surface area contributed by atoms with E-state index in [4.69, 9.17) is 9.47 Å². The van der Waals surface area contributed by atoms with Crippen molar-refractivity contribution in [1.29, 1.82) is 0 Å². The van der Waals surface area contributed by atoms with Crippen LogP contribution in [-0.2, 0) is 16.0 Å². The molecule has 5 heteroatoms. The Kier molecular flexibility index (Phi) is 4.90. The summed E-state index contributed by atoms with van der Waals surface area (Å²) in [5.74, 6) is -0.331. The zero-order valence-corrected chi connectivity index (χ0v) is 11.0. The van der Waals surface area contributed by atoms with Gasteiger partial charge >= 0.3 is 5.97 Å². The van der Waals surface area contributed by atoms with E-state index in [1.165, 1.54) is 7.11 Å². The Labute approximate surface area is 112 Å². The number of methoxy groups -OCH3 is 1. The summed E-state index contributed by atoms with van der Waals surface area (Å²) in [5, 5.41) is 9.32. The molecule has 0 radical (unpaired) electrons. The van der Waals surface area contributed by atoms with Gasteiger partial charge in [0.2, 0.25) is 0 Å². The largest absolute Gasteiger partial charge is 0.465 e. The molecule has 0 aromatic heterocycles. The molecule has 0 amide bonds. The van der Waals surface area contributed by atoms with Gasteiger partial charge in [-0.2, -0.15) is 0 Å². The first-order valence-corrected chi connectivity index (χ1v) is 6.34. The van der Waals surface area contributed by atoms with Crippen LogP contribution in [0.1, 0.15) is 15.9 Å². The molecule has 0 saturated carbocycles. The van der Waals surface area contributed by atoms with Crippen LogP contribution in [0.5, 0.6) is 0 Å². The fourth-order valence-corrected chi connectivity index (χ4v) is 2.21. The molecule has 1 fully saturated rings. The standard InChI is InChI=1S/C14H19NO4/c1-18-14(17)12-4-2-3-11(7-12)8-15-5-6-19-10-13(15)9-16/h2-4,7,13,16H,5-6,8-10H2,1H3. The molecule has 19 heavy (non-hydrogen) atoms. The normalized spacial score (nSPS) is 20.2. The van der Waals surface area contributed by atoms with Crippen molar-refractivity contribution >= 4 is 5.97 Å². The Morgan fingerprint density at radius 2 is 2.42 bits per heavy atom. The first-order chi connectivity index (χ1) is 9.24. The number of aliphatic hydroxyl groups is 1. The summed E-state index contributed by atoms with van der Waals surface area (Å²) < 4.78 is 10.1. The van der Waals surface area contributed by atoms with Gasteiger partial charge in [-0.3, -0.25) is 4.90 Å². The van der Waals surface area contributed by atoms with Crippen molar-refractivity contribution in [3.05, 3.63) is 35.4 Å². The van der Waals surface area contributed by atoms with Gasteiger partial charge in [-0.1, -0.05) is 12.1 Å². The molecule has 1 atom stereocenters. The highest BCUT2D eigenvalue weighted by Crippen LogP contribution is 2.14. The number of carbonyl (C=O) groups is 1.